The number of morpholine rings is 1. The predicted octanol–water partition coefficient (Wildman–Crippen LogP) is 3.41. The first-order valence-electron chi connectivity index (χ1n) is 11.2. The van der Waals surface area contributed by atoms with Gasteiger partial charge in [-0.15, -0.1) is 0 Å². The molecule has 0 aliphatic carbocycles. The van der Waals surface area contributed by atoms with Crippen molar-refractivity contribution in [2.75, 3.05) is 74.6 Å². The van der Waals surface area contributed by atoms with Crippen molar-refractivity contribution in [2.45, 2.75) is 6.92 Å². The largest absolute Gasteiger partial charge is 0.378 e. The molecule has 0 bridgehead atoms. The molecule has 2 fully saturated rings. The summed E-state index contributed by atoms with van der Waals surface area (Å²) in [5, 5.41) is 4.00. The molecule has 0 amide bonds. The molecule has 2 aliphatic heterocycles. The summed E-state index contributed by atoms with van der Waals surface area (Å²) in [7, 11) is 2.13. The molecule has 168 valence electrons. The maximum Gasteiger partial charge on any atom is 0.134 e. The molecule has 1 aromatic carbocycles. The van der Waals surface area contributed by atoms with E-state index in [1.54, 1.807) is 12.3 Å². The van der Waals surface area contributed by atoms with Gasteiger partial charge in [-0.2, -0.15) is 0 Å². The minimum Gasteiger partial charge on any atom is -0.378 e. The normalized spacial score (nSPS) is 17.7. The maximum absolute atomic E-state index is 15.0. The van der Waals surface area contributed by atoms with Crippen molar-refractivity contribution in [1.29, 1.82) is 0 Å². The van der Waals surface area contributed by atoms with Gasteiger partial charge in [0.15, 0.2) is 0 Å². The number of halogens is 1. The maximum atomic E-state index is 15.0. The first-order valence-corrected chi connectivity index (χ1v) is 11.2. The van der Waals surface area contributed by atoms with Crippen molar-refractivity contribution in [3.63, 3.8) is 0 Å². The zero-order valence-electron chi connectivity index (χ0n) is 18.6. The average molecular weight is 437 g/mol. The van der Waals surface area contributed by atoms with Crippen molar-refractivity contribution >= 4 is 33.8 Å². The van der Waals surface area contributed by atoms with Gasteiger partial charge >= 0.3 is 0 Å². The number of hydrogen-bond acceptors (Lipinski definition) is 7. The number of anilines is 4. The van der Waals surface area contributed by atoms with E-state index in [9.17, 15) is 4.39 Å². The number of piperazine rings is 1. The van der Waals surface area contributed by atoms with Gasteiger partial charge < -0.3 is 24.8 Å². The molecule has 8 heteroatoms. The number of nitrogens with one attached hydrogen (secondary N) is 1. The summed E-state index contributed by atoms with van der Waals surface area (Å²) in [6, 6.07) is 7.16. The Labute approximate surface area is 187 Å². The molecular formula is C24H29FN6O. The number of rotatable bonds is 4. The van der Waals surface area contributed by atoms with Crippen molar-refractivity contribution in [3.05, 3.63) is 48.0 Å². The van der Waals surface area contributed by atoms with Crippen LogP contribution in [0.15, 0.2) is 36.7 Å². The van der Waals surface area contributed by atoms with Crippen LogP contribution >= 0.6 is 0 Å². The summed E-state index contributed by atoms with van der Waals surface area (Å²) < 4.78 is 20.5. The van der Waals surface area contributed by atoms with Gasteiger partial charge in [-0.25, -0.2) is 9.37 Å². The van der Waals surface area contributed by atoms with E-state index < -0.39 is 0 Å². The van der Waals surface area contributed by atoms with Crippen molar-refractivity contribution in [1.82, 2.24) is 14.9 Å². The van der Waals surface area contributed by atoms with Gasteiger partial charge in [0.2, 0.25) is 0 Å². The number of aromatic nitrogens is 2. The molecule has 5 rings (SSSR count). The Morgan fingerprint density at radius 2 is 1.78 bits per heavy atom. The van der Waals surface area contributed by atoms with Gasteiger partial charge in [0.05, 0.1) is 53.6 Å². The third-order valence-electron chi connectivity index (χ3n) is 6.35. The molecule has 32 heavy (non-hydrogen) atoms. The molecule has 1 N–H and O–H groups in total. The zero-order chi connectivity index (χ0) is 22.1. The summed E-state index contributed by atoms with van der Waals surface area (Å²) in [5.41, 5.74) is 4.22. The highest BCUT2D eigenvalue weighted by molar-refractivity contribution is 5.97. The smallest absolute Gasteiger partial charge is 0.134 e. The van der Waals surface area contributed by atoms with Crippen LogP contribution in [-0.4, -0.2) is 74.4 Å². The first-order chi connectivity index (χ1) is 15.6. The molecule has 0 spiro atoms. The van der Waals surface area contributed by atoms with Crippen molar-refractivity contribution < 1.29 is 9.13 Å². The lowest BCUT2D eigenvalue weighted by Crippen LogP contribution is -2.45. The Bertz CT molecular complexity index is 1110. The second-order valence-electron chi connectivity index (χ2n) is 8.52. The topological polar surface area (TPSA) is 56.8 Å². The third kappa shape index (κ3) is 4.08. The molecule has 2 saturated heterocycles. The number of hydrogen-bond donors (Lipinski definition) is 1. The lowest BCUT2D eigenvalue weighted by atomic mass is 10.1. The zero-order valence-corrected chi connectivity index (χ0v) is 18.6. The van der Waals surface area contributed by atoms with E-state index in [0.717, 1.165) is 67.7 Å². The molecule has 3 aromatic rings. The van der Waals surface area contributed by atoms with Gasteiger partial charge in [-0.1, -0.05) is 6.07 Å². The monoisotopic (exact) mass is 436 g/mol. The van der Waals surface area contributed by atoms with E-state index >= 15 is 0 Å². The van der Waals surface area contributed by atoms with E-state index in [4.69, 9.17) is 9.72 Å². The molecule has 0 saturated carbocycles. The first kappa shape index (κ1) is 20.9. The van der Waals surface area contributed by atoms with Gasteiger partial charge in [-0.05, 0) is 32.2 Å². The fourth-order valence-corrected chi connectivity index (χ4v) is 4.47. The van der Waals surface area contributed by atoms with Crippen LogP contribution in [0.4, 0.5) is 27.3 Å². The number of nitrogens with zero attached hydrogens (tertiary/aromatic N) is 5. The summed E-state index contributed by atoms with van der Waals surface area (Å²) in [4.78, 5) is 16.2. The second-order valence-corrected chi connectivity index (χ2v) is 8.52. The minimum atomic E-state index is -0.275. The van der Waals surface area contributed by atoms with Crippen LogP contribution in [0.25, 0.3) is 10.9 Å². The van der Waals surface area contributed by atoms with Crippen LogP contribution in [0.1, 0.15) is 5.56 Å². The van der Waals surface area contributed by atoms with Gasteiger partial charge in [-0.3, -0.25) is 4.98 Å². The van der Waals surface area contributed by atoms with E-state index in [0.29, 0.717) is 24.1 Å². The van der Waals surface area contributed by atoms with E-state index in [2.05, 4.69) is 38.1 Å². The average Bonchev–Trinajstić information content (AvgIpc) is 2.82. The van der Waals surface area contributed by atoms with Crippen LogP contribution in [0.2, 0.25) is 0 Å². The number of fused-ring (bicyclic) bond motifs is 1. The molecule has 0 radical (unpaired) electrons. The molecule has 2 aliphatic rings. The van der Waals surface area contributed by atoms with Crippen LogP contribution in [0.3, 0.4) is 0 Å². The summed E-state index contributed by atoms with van der Waals surface area (Å²) in [6.45, 7) is 8.89. The predicted molar refractivity (Wildman–Crippen MR) is 127 cm³/mol. The summed E-state index contributed by atoms with van der Waals surface area (Å²) >= 11 is 0. The Balaban J connectivity index is 1.55. The number of likely N-dealkylation sites (N-methyl/N-ethyl adjacent to an activating group) is 1. The summed E-state index contributed by atoms with van der Waals surface area (Å²) in [6.07, 6.45) is 3.65. The highest BCUT2D eigenvalue weighted by Crippen LogP contribution is 2.36. The highest BCUT2D eigenvalue weighted by Gasteiger charge is 2.22. The molecule has 0 unspecified atom stereocenters. The molecule has 7 nitrogen and oxygen atoms in total. The quantitative estimate of drug-likeness (QED) is 0.673. The number of ether oxygens (including phenoxy) is 1. The van der Waals surface area contributed by atoms with Crippen LogP contribution in [-0.2, 0) is 4.74 Å². The van der Waals surface area contributed by atoms with E-state index in [1.807, 2.05) is 19.2 Å². The lowest BCUT2D eigenvalue weighted by molar-refractivity contribution is 0.122. The summed E-state index contributed by atoms with van der Waals surface area (Å²) in [5.74, 6) is 0.638. The van der Waals surface area contributed by atoms with Crippen LogP contribution in [0, 0.1) is 12.7 Å². The Morgan fingerprint density at radius 3 is 2.56 bits per heavy atom. The number of benzene rings is 1. The lowest BCUT2D eigenvalue weighted by Gasteiger charge is -2.34. The fourth-order valence-electron chi connectivity index (χ4n) is 4.47. The number of pyridine rings is 2. The fraction of sp³-hybridized carbons (Fsp3) is 0.417. The van der Waals surface area contributed by atoms with Crippen molar-refractivity contribution in [3.8, 4) is 0 Å². The van der Waals surface area contributed by atoms with Gasteiger partial charge in [0, 0.05) is 44.8 Å². The third-order valence-corrected chi connectivity index (χ3v) is 6.35. The second kappa shape index (κ2) is 8.88. The highest BCUT2D eigenvalue weighted by atomic mass is 19.1. The van der Waals surface area contributed by atoms with Crippen molar-refractivity contribution in [2.24, 2.45) is 0 Å². The molecular weight excluding hydrogens is 407 g/mol. The minimum absolute atomic E-state index is 0.275. The Hall–Kier alpha value is -2.97. The van der Waals surface area contributed by atoms with E-state index in [-0.39, 0.29) is 5.82 Å². The molecule has 0 atom stereocenters. The Morgan fingerprint density at radius 1 is 1.00 bits per heavy atom. The van der Waals surface area contributed by atoms with Gasteiger partial charge in [0.1, 0.15) is 11.6 Å². The van der Waals surface area contributed by atoms with Gasteiger partial charge in [0.25, 0.3) is 0 Å². The Kier molecular flexibility index (Phi) is 5.80. The van der Waals surface area contributed by atoms with Crippen LogP contribution < -0.4 is 15.1 Å². The molecule has 4 heterocycles. The van der Waals surface area contributed by atoms with E-state index in [1.165, 1.54) is 6.07 Å². The standard InChI is InChI=1S/C24H29FN6O/c1-17-23(27-18-14-19(16-26-15-18)30-10-12-32-13-11-30)22-20(25)4-3-5-21(22)28-24(17)31-8-6-29(2)7-9-31/h3-5,14-16H,6-13H2,1-2H3,(H,27,28). The SMILES string of the molecule is Cc1c(N2CCN(C)CC2)nc2cccc(F)c2c1Nc1cncc(N2CCOCC2)c1. The molecule has 2 aromatic heterocycles. The van der Waals surface area contributed by atoms with Crippen LogP contribution in [0.5, 0.6) is 0 Å².